The van der Waals surface area contributed by atoms with Gasteiger partial charge < -0.3 is 19.5 Å². The number of nitrogens with one attached hydrogen (secondary N) is 1. The fraction of sp³-hybridized carbons (Fsp3) is 0.222. The molecule has 0 aliphatic carbocycles. The van der Waals surface area contributed by atoms with E-state index in [1.807, 2.05) is 5.32 Å². The number of carbonyl (C=O) groups excluding carboxylic acids is 2. The van der Waals surface area contributed by atoms with Crippen molar-refractivity contribution in [2.75, 3.05) is 19.5 Å². The fourth-order valence-electron chi connectivity index (χ4n) is 2.18. The maximum absolute atomic E-state index is 13.6. The smallest absolute Gasteiger partial charge is 0.346 e. The summed E-state index contributed by atoms with van der Waals surface area (Å²) in [6.45, 7) is 1.23. The Hall–Kier alpha value is -3.23. The first-order valence-electron chi connectivity index (χ1n) is 7.66. The van der Waals surface area contributed by atoms with E-state index in [1.54, 1.807) is 6.07 Å². The fourth-order valence-corrected chi connectivity index (χ4v) is 2.18. The highest BCUT2D eigenvalue weighted by Gasteiger charge is 2.25. The number of hydrogen-bond acceptors (Lipinski definition) is 5. The summed E-state index contributed by atoms with van der Waals surface area (Å²) in [7, 11) is 2.68. The first-order chi connectivity index (χ1) is 12.8. The number of hydrogen-bond donors (Lipinski definition) is 1. The molecule has 0 aromatic heterocycles. The van der Waals surface area contributed by atoms with Crippen LogP contribution in [-0.4, -0.2) is 32.2 Å². The van der Waals surface area contributed by atoms with Crippen LogP contribution in [0, 0.1) is 17.5 Å². The minimum absolute atomic E-state index is 0.0406. The Morgan fingerprint density at radius 2 is 1.56 bits per heavy atom. The van der Waals surface area contributed by atoms with Crippen LogP contribution < -0.4 is 14.8 Å². The first-order valence-corrected chi connectivity index (χ1v) is 7.66. The zero-order chi connectivity index (χ0) is 20.1. The molecule has 0 radical (unpaired) electrons. The Balaban J connectivity index is 2.15. The Morgan fingerprint density at radius 3 is 2.11 bits per heavy atom. The van der Waals surface area contributed by atoms with Crippen LogP contribution in [0.25, 0.3) is 0 Å². The lowest BCUT2D eigenvalue weighted by atomic mass is 10.1. The molecule has 2 rings (SSSR count). The van der Waals surface area contributed by atoms with Gasteiger partial charge in [0.25, 0.3) is 5.91 Å². The molecule has 1 amide bonds. The molecule has 1 N–H and O–H groups in total. The maximum Gasteiger partial charge on any atom is 0.346 e. The first kappa shape index (κ1) is 20.1. The van der Waals surface area contributed by atoms with Gasteiger partial charge in [-0.2, -0.15) is 0 Å². The largest absolute Gasteiger partial charge is 0.496 e. The van der Waals surface area contributed by atoms with Crippen LogP contribution in [0.4, 0.5) is 18.9 Å². The average Bonchev–Trinajstić information content (AvgIpc) is 2.67. The van der Waals surface area contributed by atoms with E-state index in [-0.39, 0.29) is 17.1 Å². The molecule has 144 valence electrons. The van der Waals surface area contributed by atoms with Crippen molar-refractivity contribution in [2.45, 2.75) is 13.0 Å². The minimum atomic E-state index is -1.73. The third-order valence-corrected chi connectivity index (χ3v) is 3.58. The van der Waals surface area contributed by atoms with Gasteiger partial charge in [0, 0.05) is 0 Å². The summed E-state index contributed by atoms with van der Waals surface area (Å²) < 4.78 is 55.0. The zero-order valence-electron chi connectivity index (χ0n) is 14.6. The number of rotatable bonds is 6. The van der Waals surface area contributed by atoms with Crippen LogP contribution in [-0.2, 0) is 9.53 Å². The van der Waals surface area contributed by atoms with Crippen LogP contribution in [0.5, 0.6) is 11.5 Å². The van der Waals surface area contributed by atoms with Crippen molar-refractivity contribution < 1.29 is 37.0 Å². The lowest BCUT2D eigenvalue weighted by Gasteiger charge is -2.16. The minimum Gasteiger partial charge on any atom is -0.496 e. The van der Waals surface area contributed by atoms with Crippen molar-refractivity contribution in [1.29, 1.82) is 0 Å². The van der Waals surface area contributed by atoms with Gasteiger partial charge >= 0.3 is 5.97 Å². The van der Waals surface area contributed by atoms with E-state index in [4.69, 9.17) is 14.2 Å². The molecule has 0 fully saturated rings. The molecule has 0 heterocycles. The summed E-state index contributed by atoms with van der Waals surface area (Å²) in [4.78, 5) is 24.5. The highest BCUT2D eigenvalue weighted by molar-refractivity contribution is 5.99. The van der Waals surface area contributed by atoms with Crippen molar-refractivity contribution >= 4 is 17.6 Å². The summed E-state index contributed by atoms with van der Waals surface area (Å²) in [6.07, 6.45) is -1.38. The normalized spacial score (nSPS) is 11.5. The van der Waals surface area contributed by atoms with Crippen LogP contribution >= 0.6 is 0 Å². The number of carbonyl (C=O) groups is 2. The molecule has 0 saturated carbocycles. The van der Waals surface area contributed by atoms with E-state index in [0.717, 1.165) is 6.07 Å². The summed E-state index contributed by atoms with van der Waals surface area (Å²) >= 11 is 0. The molecule has 0 saturated heterocycles. The van der Waals surface area contributed by atoms with Gasteiger partial charge in [0.05, 0.1) is 19.9 Å². The standard InChI is InChI=1S/C18H16F3NO5/c1-9(17(23)22-11-8-7-10(19)15(20)16(11)21)27-18(24)14-12(25-2)5-4-6-13(14)26-3/h4-9H,1-3H3,(H,22,23)/t9-/m1/s1. The van der Waals surface area contributed by atoms with Crippen LogP contribution in [0.1, 0.15) is 17.3 Å². The van der Waals surface area contributed by atoms with Gasteiger partial charge in [-0.25, -0.2) is 18.0 Å². The Morgan fingerprint density at radius 1 is 0.963 bits per heavy atom. The number of anilines is 1. The van der Waals surface area contributed by atoms with Crippen LogP contribution in [0.3, 0.4) is 0 Å². The number of amides is 1. The molecule has 27 heavy (non-hydrogen) atoms. The summed E-state index contributed by atoms with van der Waals surface area (Å²) in [5.41, 5.74) is -0.627. The van der Waals surface area contributed by atoms with E-state index >= 15 is 0 Å². The Bertz CT molecular complexity index is 850. The van der Waals surface area contributed by atoms with Crippen molar-refractivity contribution in [3.05, 3.63) is 53.3 Å². The summed E-state index contributed by atoms with van der Waals surface area (Å²) in [5, 5.41) is 2.03. The van der Waals surface area contributed by atoms with Gasteiger partial charge in [-0.1, -0.05) is 6.07 Å². The SMILES string of the molecule is COc1cccc(OC)c1C(=O)O[C@H](C)C(=O)Nc1ccc(F)c(F)c1F. The second kappa shape index (κ2) is 8.43. The zero-order valence-corrected chi connectivity index (χ0v) is 14.6. The van der Waals surface area contributed by atoms with Gasteiger partial charge in [-0.15, -0.1) is 0 Å². The average molecular weight is 383 g/mol. The number of methoxy groups -OCH3 is 2. The quantitative estimate of drug-likeness (QED) is 0.612. The van der Waals surface area contributed by atoms with Crippen LogP contribution in [0.2, 0.25) is 0 Å². The number of benzene rings is 2. The van der Waals surface area contributed by atoms with Gasteiger partial charge in [0.1, 0.15) is 17.1 Å². The maximum atomic E-state index is 13.6. The Kier molecular flexibility index (Phi) is 6.27. The van der Waals surface area contributed by atoms with E-state index < -0.39 is 41.1 Å². The summed E-state index contributed by atoms with van der Waals surface area (Å²) in [6, 6.07) is 6.10. The van der Waals surface area contributed by atoms with Crippen molar-refractivity contribution in [3.8, 4) is 11.5 Å². The lowest BCUT2D eigenvalue weighted by molar-refractivity contribution is -0.123. The molecule has 1 atom stereocenters. The third-order valence-electron chi connectivity index (χ3n) is 3.58. The van der Waals surface area contributed by atoms with Crippen molar-refractivity contribution in [1.82, 2.24) is 0 Å². The van der Waals surface area contributed by atoms with Crippen molar-refractivity contribution in [2.24, 2.45) is 0 Å². The highest BCUT2D eigenvalue weighted by atomic mass is 19.2. The van der Waals surface area contributed by atoms with Crippen molar-refractivity contribution in [3.63, 3.8) is 0 Å². The third kappa shape index (κ3) is 4.30. The molecule has 0 unspecified atom stereocenters. The van der Waals surface area contributed by atoms with E-state index in [0.29, 0.717) is 6.07 Å². The number of esters is 1. The number of ether oxygens (including phenoxy) is 3. The van der Waals surface area contributed by atoms with E-state index in [9.17, 15) is 22.8 Å². The molecule has 9 heteroatoms. The molecule has 2 aromatic rings. The topological polar surface area (TPSA) is 73.9 Å². The van der Waals surface area contributed by atoms with Gasteiger partial charge in [-0.05, 0) is 31.2 Å². The predicted octanol–water partition coefficient (Wildman–Crippen LogP) is 3.31. The van der Waals surface area contributed by atoms with E-state index in [2.05, 4.69) is 0 Å². The molecule has 0 aliphatic rings. The molecule has 2 aromatic carbocycles. The predicted molar refractivity (Wildman–Crippen MR) is 89.4 cm³/mol. The van der Waals surface area contributed by atoms with Gasteiger partial charge in [0.2, 0.25) is 0 Å². The molecular weight excluding hydrogens is 367 g/mol. The van der Waals surface area contributed by atoms with Gasteiger partial charge in [0.15, 0.2) is 23.6 Å². The second-order valence-corrected chi connectivity index (χ2v) is 5.30. The van der Waals surface area contributed by atoms with E-state index in [1.165, 1.54) is 33.3 Å². The molecule has 6 nitrogen and oxygen atoms in total. The molecule has 0 bridgehead atoms. The van der Waals surface area contributed by atoms with Crippen LogP contribution in [0.15, 0.2) is 30.3 Å². The molecule has 0 spiro atoms. The monoisotopic (exact) mass is 383 g/mol. The second-order valence-electron chi connectivity index (χ2n) is 5.30. The number of halogens is 3. The molecular formula is C18H16F3NO5. The summed E-state index contributed by atoms with van der Waals surface area (Å²) in [5.74, 6) is -6.21. The molecule has 0 aliphatic heterocycles. The lowest BCUT2D eigenvalue weighted by Crippen LogP contribution is -2.30. The van der Waals surface area contributed by atoms with Gasteiger partial charge in [-0.3, -0.25) is 4.79 Å². The Labute approximate surface area is 152 Å². The highest BCUT2D eigenvalue weighted by Crippen LogP contribution is 2.29.